The van der Waals surface area contributed by atoms with Crippen LogP contribution in [0.3, 0.4) is 0 Å². The van der Waals surface area contributed by atoms with E-state index in [2.05, 4.69) is 66.7 Å². The van der Waals surface area contributed by atoms with Crippen LogP contribution in [0.25, 0.3) is 0 Å². The van der Waals surface area contributed by atoms with E-state index >= 15 is 0 Å². The fraction of sp³-hybridized carbons (Fsp3) is 0.667. The van der Waals surface area contributed by atoms with Crippen molar-refractivity contribution in [3.8, 4) is 0 Å². The lowest BCUT2D eigenvalue weighted by Crippen LogP contribution is -2.32. The molecule has 0 bridgehead atoms. The zero-order chi connectivity index (χ0) is 11.9. The van der Waals surface area contributed by atoms with Gasteiger partial charge in [0.15, 0.2) is 0 Å². The van der Waals surface area contributed by atoms with Crippen LogP contribution in [0.2, 0.25) is 0 Å². The second kappa shape index (κ2) is 3.50. The molecule has 0 saturated heterocycles. The van der Waals surface area contributed by atoms with Crippen LogP contribution in [0.4, 0.5) is 0 Å². The molecule has 0 saturated carbocycles. The molecule has 1 radical (unpaired) electrons. The molecule has 0 heteroatoms. The molecule has 15 heavy (non-hydrogen) atoms. The van der Waals surface area contributed by atoms with Crippen LogP contribution in [0.5, 0.6) is 0 Å². The minimum atomic E-state index is 0.0573. The van der Waals surface area contributed by atoms with Gasteiger partial charge in [0.2, 0.25) is 0 Å². The van der Waals surface area contributed by atoms with Gasteiger partial charge in [0.25, 0.3) is 0 Å². The molecule has 0 fully saturated rings. The van der Waals surface area contributed by atoms with E-state index in [-0.39, 0.29) is 16.2 Å². The highest BCUT2D eigenvalue weighted by Gasteiger charge is 2.36. The van der Waals surface area contributed by atoms with Crippen molar-refractivity contribution in [2.24, 2.45) is 16.2 Å². The van der Waals surface area contributed by atoms with Crippen molar-refractivity contribution in [2.75, 3.05) is 0 Å². The second-order valence-electron chi connectivity index (χ2n) is 6.85. The van der Waals surface area contributed by atoms with E-state index in [9.17, 15) is 0 Å². The van der Waals surface area contributed by atoms with Crippen LogP contribution in [0.1, 0.15) is 48.0 Å². The average Bonchev–Trinajstić information content (AvgIpc) is 2.01. The Morgan fingerprint density at radius 2 is 1.67 bits per heavy atom. The lowest BCUT2D eigenvalue weighted by atomic mass is 9.63. The second-order valence-corrected chi connectivity index (χ2v) is 6.85. The summed E-state index contributed by atoms with van der Waals surface area (Å²) in [5.74, 6) is 0. The van der Waals surface area contributed by atoms with Crippen molar-refractivity contribution >= 4 is 0 Å². The molecule has 1 unspecified atom stereocenters. The molecule has 0 heterocycles. The zero-order valence-corrected chi connectivity index (χ0v) is 11.1. The topological polar surface area (TPSA) is 0 Å². The van der Waals surface area contributed by atoms with E-state index in [0.29, 0.717) is 0 Å². The van der Waals surface area contributed by atoms with Gasteiger partial charge in [-0.3, -0.25) is 0 Å². The maximum Gasteiger partial charge on any atom is -0.00316 e. The third kappa shape index (κ3) is 2.53. The molecule has 0 nitrogen and oxygen atoms in total. The van der Waals surface area contributed by atoms with Crippen molar-refractivity contribution < 1.29 is 0 Å². The van der Waals surface area contributed by atoms with E-state index in [4.69, 9.17) is 0 Å². The molecule has 1 aliphatic carbocycles. The quantitative estimate of drug-likeness (QED) is 0.533. The van der Waals surface area contributed by atoms with E-state index in [1.165, 1.54) is 5.57 Å². The lowest BCUT2D eigenvalue weighted by Gasteiger charge is -2.41. The highest BCUT2D eigenvalue weighted by molar-refractivity contribution is 5.32. The summed E-state index contributed by atoms with van der Waals surface area (Å²) in [6.07, 6.45) is 7.98. The number of allylic oxidation sites excluding steroid dienone is 4. The van der Waals surface area contributed by atoms with Gasteiger partial charge in [-0.1, -0.05) is 59.8 Å². The van der Waals surface area contributed by atoms with E-state index in [1.54, 1.807) is 0 Å². The minimum absolute atomic E-state index is 0.0573. The van der Waals surface area contributed by atoms with Gasteiger partial charge in [0, 0.05) is 0 Å². The smallest absolute Gasteiger partial charge is 0.00316 e. The zero-order valence-electron chi connectivity index (χ0n) is 11.1. The predicted molar refractivity (Wildman–Crippen MR) is 68.5 cm³/mol. The molecule has 0 aromatic rings. The summed E-state index contributed by atoms with van der Waals surface area (Å²) in [6.45, 7) is 18.0. The van der Waals surface area contributed by atoms with Crippen molar-refractivity contribution in [1.29, 1.82) is 0 Å². The Hall–Kier alpha value is -0.520. The van der Waals surface area contributed by atoms with E-state index in [0.717, 1.165) is 6.42 Å². The first-order valence-electron chi connectivity index (χ1n) is 5.81. The van der Waals surface area contributed by atoms with Crippen LogP contribution in [-0.4, -0.2) is 0 Å². The highest BCUT2D eigenvalue weighted by atomic mass is 14.4. The molecule has 0 aliphatic heterocycles. The molecular formula is C15H25. The van der Waals surface area contributed by atoms with Gasteiger partial charge < -0.3 is 0 Å². The Labute approximate surface area is 95.5 Å². The summed E-state index contributed by atoms with van der Waals surface area (Å²) >= 11 is 0. The van der Waals surface area contributed by atoms with Crippen LogP contribution in [0.15, 0.2) is 23.8 Å². The van der Waals surface area contributed by atoms with Gasteiger partial charge in [-0.05, 0) is 35.2 Å². The SMILES string of the molecule is [CH2]C1(C(C)(C)C)C=CC(C(C)(C)C)=CC1. The van der Waals surface area contributed by atoms with Crippen molar-refractivity contribution in [3.05, 3.63) is 30.7 Å². The molecule has 0 aromatic carbocycles. The van der Waals surface area contributed by atoms with E-state index < -0.39 is 0 Å². The van der Waals surface area contributed by atoms with Gasteiger partial charge in [0.05, 0.1) is 0 Å². The molecule has 85 valence electrons. The average molecular weight is 205 g/mol. The Bertz CT molecular complexity index is 291. The normalized spacial score (nSPS) is 27.8. The van der Waals surface area contributed by atoms with Crippen molar-refractivity contribution in [3.63, 3.8) is 0 Å². The Balaban J connectivity index is 2.90. The van der Waals surface area contributed by atoms with Crippen LogP contribution in [0, 0.1) is 23.2 Å². The van der Waals surface area contributed by atoms with Gasteiger partial charge in [-0.15, -0.1) is 0 Å². The van der Waals surface area contributed by atoms with Crippen LogP contribution >= 0.6 is 0 Å². The predicted octanol–water partition coefficient (Wildman–Crippen LogP) is 4.79. The molecular weight excluding hydrogens is 180 g/mol. The summed E-state index contributed by atoms with van der Waals surface area (Å²) in [5.41, 5.74) is 1.98. The molecule has 1 rings (SSSR count). The standard InChI is InChI=1S/C15H25/c1-13(2,3)12-8-10-15(7,11-9-12)14(4,5)6/h8-10H,7,11H2,1-6H3. The maximum absolute atomic E-state index is 4.39. The minimum Gasteiger partial charge on any atom is -0.0799 e. The first-order valence-corrected chi connectivity index (χ1v) is 5.81. The Kier molecular flexibility index (Phi) is 2.93. The number of hydrogen-bond donors (Lipinski definition) is 0. The van der Waals surface area contributed by atoms with Gasteiger partial charge in [-0.25, -0.2) is 0 Å². The first kappa shape index (κ1) is 12.5. The monoisotopic (exact) mass is 205 g/mol. The molecule has 0 amide bonds. The molecule has 1 aliphatic rings. The summed E-state index contributed by atoms with van der Waals surface area (Å²) in [7, 11) is 0. The van der Waals surface area contributed by atoms with E-state index in [1.807, 2.05) is 0 Å². The fourth-order valence-corrected chi connectivity index (χ4v) is 1.79. The Morgan fingerprint density at radius 3 is 1.93 bits per heavy atom. The van der Waals surface area contributed by atoms with Gasteiger partial charge in [-0.2, -0.15) is 0 Å². The van der Waals surface area contributed by atoms with Gasteiger partial charge >= 0.3 is 0 Å². The maximum atomic E-state index is 4.39. The van der Waals surface area contributed by atoms with Crippen LogP contribution < -0.4 is 0 Å². The summed E-state index contributed by atoms with van der Waals surface area (Å²) in [4.78, 5) is 0. The molecule has 0 N–H and O–H groups in total. The number of hydrogen-bond acceptors (Lipinski definition) is 0. The molecule has 0 spiro atoms. The summed E-state index contributed by atoms with van der Waals surface area (Å²) in [5, 5.41) is 0. The Morgan fingerprint density at radius 1 is 1.13 bits per heavy atom. The summed E-state index contributed by atoms with van der Waals surface area (Å²) in [6, 6.07) is 0. The van der Waals surface area contributed by atoms with Crippen LogP contribution in [-0.2, 0) is 0 Å². The third-order valence-electron chi connectivity index (χ3n) is 3.63. The third-order valence-corrected chi connectivity index (χ3v) is 3.63. The van der Waals surface area contributed by atoms with Crippen molar-refractivity contribution in [2.45, 2.75) is 48.0 Å². The first-order chi connectivity index (χ1) is 6.56. The molecule has 1 atom stereocenters. The highest BCUT2D eigenvalue weighted by Crippen LogP contribution is 2.46. The lowest BCUT2D eigenvalue weighted by molar-refractivity contribution is 0.200. The number of rotatable bonds is 0. The summed E-state index contributed by atoms with van der Waals surface area (Å²) < 4.78 is 0. The fourth-order valence-electron chi connectivity index (χ4n) is 1.79. The van der Waals surface area contributed by atoms with Gasteiger partial charge in [0.1, 0.15) is 0 Å². The van der Waals surface area contributed by atoms with Crippen molar-refractivity contribution in [1.82, 2.24) is 0 Å². The molecule has 0 aromatic heterocycles. The largest absolute Gasteiger partial charge is 0.0799 e.